The average Bonchev–Trinajstić information content (AvgIpc) is 2.30. The zero-order chi connectivity index (χ0) is 13.7. The summed E-state index contributed by atoms with van der Waals surface area (Å²) < 4.78 is 0. The molecule has 1 heterocycles. The molecule has 1 rings (SSSR count). The third kappa shape index (κ3) is 4.04. The molecule has 0 spiro atoms. The van der Waals surface area contributed by atoms with Crippen LogP contribution in [0, 0.1) is 0 Å². The number of urea groups is 1. The normalized spacial score (nSPS) is 15.5. The molecule has 8 nitrogen and oxygen atoms in total. The van der Waals surface area contributed by atoms with Crippen molar-refractivity contribution in [3.8, 4) is 0 Å². The molecule has 100 valence electrons. The molecule has 8 heteroatoms. The Kier molecular flexibility index (Phi) is 4.64. The van der Waals surface area contributed by atoms with Crippen LogP contribution in [0.5, 0.6) is 0 Å². The summed E-state index contributed by atoms with van der Waals surface area (Å²) in [7, 11) is 1.63. The van der Waals surface area contributed by atoms with Gasteiger partial charge in [0.25, 0.3) is 0 Å². The van der Waals surface area contributed by atoms with Crippen molar-refractivity contribution in [1.82, 2.24) is 15.1 Å². The Balaban J connectivity index is 2.39. The number of carboxylic acids is 1. The number of amides is 4. The van der Waals surface area contributed by atoms with E-state index in [0.29, 0.717) is 13.1 Å². The third-order valence-electron chi connectivity index (χ3n) is 2.56. The Labute approximate surface area is 104 Å². The number of nitrogens with zero attached hydrogens (tertiary/aromatic N) is 2. The summed E-state index contributed by atoms with van der Waals surface area (Å²) in [5.41, 5.74) is 0. The summed E-state index contributed by atoms with van der Waals surface area (Å²) in [4.78, 5) is 47.1. The number of aliphatic carboxylic acids is 1. The van der Waals surface area contributed by atoms with Gasteiger partial charge in [0.15, 0.2) is 0 Å². The van der Waals surface area contributed by atoms with Gasteiger partial charge in [-0.1, -0.05) is 0 Å². The Bertz CT molecular complexity index is 382. The highest BCUT2D eigenvalue weighted by Crippen LogP contribution is 2.01. The highest BCUT2D eigenvalue weighted by molar-refractivity contribution is 5.96. The minimum Gasteiger partial charge on any atom is -0.481 e. The summed E-state index contributed by atoms with van der Waals surface area (Å²) in [6.45, 7) is 0.685. The molecule has 0 bridgehead atoms. The first kappa shape index (κ1) is 13.9. The molecule has 2 N–H and O–H groups in total. The van der Waals surface area contributed by atoms with Crippen LogP contribution in [0.4, 0.5) is 4.79 Å². The fourth-order valence-electron chi connectivity index (χ4n) is 1.41. The topological polar surface area (TPSA) is 107 Å². The van der Waals surface area contributed by atoms with E-state index in [-0.39, 0.29) is 25.3 Å². The van der Waals surface area contributed by atoms with Gasteiger partial charge in [-0.2, -0.15) is 0 Å². The maximum Gasteiger partial charge on any atom is 0.324 e. The molecular weight excluding hydrogens is 242 g/mol. The minimum absolute atomic E-state index is 0.0749. The molecule has 18 heavy (non-hydrogen) atoms. The van der Waals surface area contributed by atoms with E-state index in [2.05, 4.69) is 5.32 Å². The summed E-state index contributed by atoms with van der Waals surface area (Å²) in [5, 5.41) is 10.4. The summed E-state index contributed by atoms with van der Waals surface area (Å²) >= 11 is 0. The number of carbonyl (C=O) groups is 4. The Hall–Kier alpha value is -2.12. The van der Waals surface area contributed by atoms with E-state index in [9.17, 15) is 19.2 Å². The van der Waals surface area contributed by atoms with Crippen LogP contribution in [-0.2, 0) is 14.4 Å². The van der Waals surface area contributed by atoms with Gasteiger partial charge in [-0.05, 0) is 0 Å². The van der Waals surface area contributed by atoms with Crippen LogP contribution in [0.2, 0.25) is 0 Å². The SMILES string of the molecule is CN1CCN(C(=O)NC(=O)CCC(=O)O)CC1=O. The zero-order valence-electron chi connectivity index (χ0n) is 10.0. The van der Waals surface area contributed by atoms with E-state index in [0.717, 1.165) is 0 Å². The smallest absolute Gasteiger partial charge is 0.324 e. The van der Waals surface area contributed by atoms with Crippen molar-refractivity contribution in [3.05, 3.63) is 0 Å². The van der Waals surface area contributed by atoms with Gasteiger partial charge >= 0.3 is 12.0 Å². The summed E-state index contributed by atoms with van der Waals surface area (Å²) in [5.74, 6) is -1.96. The molecule has 0 atom stereocenters. The highest BCUT2D eigenvalue weighted by Gasteiger charge is 2.25. The average molecular weight is 257 g/mol. The van der Waals surface area contributed by atoms with E-state index in [1.165, 1.54) is 9.80 Å². The first-order valence-electron chi connectivity index (χ1n) is 5.44. The summed E-state index contributed by atoms with van der Waals surface area (Å²) in [6, 6.07) is -0.660. The number of carbonyl (C=O) groups excluding carboxylic acids is 3. The van der Waals surface area contributed by atoms with Crippen LogP contribution in [-0.4, -0.2) is 65.4 Å². The van der Waals surface area contributed by atoms with Gasteiger partial charge < -0.3 is 14.9 Å². The maximum absolute atomic E-state index is 11.6. The van der Waals surface area contributed by atoms with Crippen molar-refractivity contribution in [1.29, 1.82) is 0 Å². The Morgan fingerprint density at radius 1 is 1.28 bits per heavy atom. The largest absolute Gasteiger partial charge is 0.481 e. The number of rotatable bonds is 3. The standard InChI is InChI=1S/C10H15N3O5/c1-12-4-5-13(6-8(12)15)10(18)11-7(14)2-3-9(16)17/h2-6H2,1H3,(H,16,17)(H,11,14,18). The lowest BCUT2D eigenvalue weighted by Crippen LogP contribution is -2.54. The van der Waals surface area contributed by atoms with Crippen molar-refractivity contribution >= 4 is 23.8 Å². The predicted octanol–water partition coefficient (Wildman–Crippen LogP) is -1.14. The quantitative estimate of drug-likeness (QED) is 0.664. The Morgan fingerprint density at radius 2 is 1.94 bits per heavy atom. The number of carboxylic acid groups (broad SMARTS) is 1. The second-order valence-electron chi connectivity index (χ2n) is 3.98. The summed E-state index contributed by atoms with van der Waals surface area (Å²) in [6.07, 6.45) is -0.594. The van der Waals surface area contributed by atoms with Crippen LogP contribution in [0.1, 0.15) is 12.8 Å². The van der Waals surface area contributed by atoms with Crippen molar-refractivity contribution in [3.63, 3.8) is 0 Å². The Morgan fingerprint density at radius 3 is 2.50 bits per heavy atom. The van der Waals surface area contributed by atoms with E-state index >= 15 is 0 Å². The van der Waals surface area contributed by atoms with E-state index in [1.54, 1.807) is 7.05 Å². The van der Waals surface area contributed by atoms with Gasteiger partial charge in [0.1, 0.15) is 6.54 Å². The van der Waals surface area contributed by atoms with Gasteiger partial charge in [0, 0.05) is 26.6 Å². The molecule has 0 aromatic heterocycles. The molecule has 4 amide bonds. The van der Waals surface area contributed by atoms with Gasteiger partial charge in [-0.15, -0.1) is 0 Å². The lowest BCUT2D eigenvalue weighted by Gasteiger charge is -2.31. The van der Waals surface area contributed by atoms with Crippen molar-refractivity contribution in [2.45, 2.75) is 12.8 Å². The molecule has 1 aliphatic rings. The minimum atomic E-state index is -1.10. The van der Waals surface area contributed by atoms with Crippen molar-refractivity contribution in [2.24, 2.45) is 0 Å². The third-order valence-corrected chi connectivity index (χ3v) is 2.56. The second-order valence-corrected chi connectivity index (χ2v) is 3.98. The fraction of sp³-hybridized carbons (Fsp3) is 0.600. The van der Waals surface area contributed by atoms with Gasteiger partial charge in [0.2, 0.25) is 11.8 Å². The van der Waals surface area contributed by atoms with E-state index in [1.807, 2.05) is 0 Å². The molecule has 0 unspecified atom stereocenters. The molecule has 0 saturated carbocycles. The van der Waals surface area contributed by atoms with Gasteiger partial charge in [-0.3, -0.25) is 19.7 Å². The number of likely N-dealkylation sites (N-methyl/N-ethyl adjacent to an activating group) is 1. The molecule has 1 fully saturated rings. The van der Waals surface area contributed by atoms with Crippen LogP contribution in [0.3, 0.4) is 0 Å². The number of imide groups is 1. The molecule has 1 aliphatic heterocycles. The number of hydrogen-bond donors (Lipinski definition) is 2. The molecular formula is C10H15N3O5. The van der Waals surface area contributed by atoms with Crippen molar-refractivity contribution in [2.75, 3.05) is 26.7 Å². The molecule has 1 saturated heterocycles. The highest BCUT2D eigenvalue weighted by atomic mass is 16.4. The van der Waals surface area contributed by atoms with Gasteiger partial charge in [-0.25, -0.2) is 4.79 Å². The zero-order valence-corrected chi connectivity index (χ0v) is 10.0. The molecule has 0 aromatic rings. The van der Waals surface area contributed by atoms with Crippen molar-refractivity contribution < 1.29 is 24.3 Å². The number of piperazine rings is 1. The van der Waals surface area contributed by atoms with E-state index < -0.39 is 17.9 Å². The van der Waals surface area contributed by atoms with Crippen LogP contribution >= 0.6 is 0 Å². The van der Waals surface area contributed by atoms with Crippen LogP contribution in [0.15, 0.2) is 0 Å². The maximum atomic E-state index is 11.6. The molecule has 0 aromatic carbocycles. The number of hydrogen-bond acceptors (Lipinski definition) is 4. The van der Waals surface area contributed by atoms with E-state index in [4.69, 9.17) is 5.11 Å². The first-order valence-corrected chi connectivity index (χ1v) is 5.44. The monoisotopic (exact) mass is 257 g/mol. The lowest BCUT2D eigenvalue weighted by molar-refractivity contribution is -0.138. The fourth-order valence-corrected chi connectivity index (χ4v) is 1.41. The van der Waals surface area contributed by atoms with Crippen LogP contribution in [0.25, 0.3) is 0 Å². The molecule has 0 aliphatic carbocycles. The molecule has 0 radical (unpaired) electrons. The first-order chi connectivity index (χ1) is 8.40. The van der Waals surface area contributed by atoms with Gasteiger partial charge in [0.05, 0.1) is 6.42 Å². The van der Waals surface area contributed by atoms with Crippen LogP contribution < -0.4 is 5.32 Å². The second kappa shape index (κ2) is 5.99. The predicted molar refractivity (Wildman–Crippen MR) is 59.6 cm³/mol. The number of nitrogens with one attached hydrogen (secondary N) is 1. The lowest BCUT2D eigenvalue weighted by atomic mass is 10.3.